The molecule has 1 aromatic rings. The quantitative estimate of drug-likeness (QED) is 0.819. The second kappa shape index (κ2) is 4.97. The first-order chi connectivity index (χ1) is 8.54. The van der Waals surface area contributed by atoms with Gasteiger partial charge in [0.1, 0.15) is 11.9 Å². The molecule has 1 aliphatic carbocycles. The normalized spacial score (nSPS) is 15.3. The molecule has 0 saturated carbocycles. The number of pyridine rings is 1. The molecule has 1 aromatic heterocycles. The zero-order chi connectivity index (χ0) is 13.3. The summed E-state index contributed by atoms with van der Waals surface area (Å²) in [5.41, 5.74) is 3.17. The van der Waals surface area contributed by atoms with E-state index in [0.29, 0.717) is 17.5 Å². The van der Waals surface area contributed by atoms with Gasteiger partial charge in [0.2, 0.25) is 0 Å². The number of anilines is 1. The van der Waals surface area contributed by atoms with Gasteiger partial charge in [-0.3, -0.25) is 0 Å². The molecule has 96 valence electrons. The lowest BCUT2D eigenvalue weighted by Gasteiger charge is -2.30. The molecular weight excluding hydrogens is 222 g/mol. The number of hydrogen-bond donors (Lipinski definition) is 0. The van der Waals surface area contributed by atoms with Gasteiger partial charge in [-0.1, -0.05) is 13.8 Å². The molecule has 2 rings (SSSR count). The summed E-state index contributed by atoms with van der Waals surface area (Å²) in [5.74, 6) is 1.39. The van der Waals surface area contributed by atoms with Crippen LogP contribution in [0.15, 0.2) is 6.07 Å². The van der Waals surface area contributed by atoms with Crippen molar-refractivity contribution in [2.45, 2.75) is 46.1 Å². The van der Waals surface area contributed by atoms with Crippen LogP contribution in [0.2, 0.25) is 0 Å². The van der Waals surface area contributed by atoms with Crippen molar-refractivity contribution < 1.29 is 0 Å². The van der Waals surface area contributed by atoms with Gasteiger partial charge < -0.3 is 4.90 Å². The van der Waals surface area contributed by atoms with Crippen LogP contribution in [0.3, 0.4) is 0 Å². The third-order valence-corrected chi connectivity index (χ3v) is 4.06. The maximum Gasteiger partial charge on any atom is 0.146 e. The Bertz CT molecular complexity index is 485. The molecule has 3 heteroatoms. The van der Waals surface area contributed by atoms with Crippen molar-refractivity contribution in [2.75, 3.05) is 11.9 Å². The van der Waals surface area contributed by atoms with Crippen molar-refractivity contribution in [3.05, 3.63) is 22.9 Å². The third-order valence-electron chi connectivity index (χ3n) is 4.06. The summed E-state index contributed by atoms with van der Waals surface area (Å²) in [4.78, 5) is 6.87. The zero-order valence-electron chi connectivity index (χ0n) is 11.7. The molecule has 0 N–H and O–H groups in total. The van der Waals surface area contributed by atoms with E-state index in [1.807, 2.05) is 13.1 Å². The molecule has 1 heterocycles. The Labute approximate surface area is 109 Å². The van der Waals surface area contributed by atoms with Gasteiger partial charge in [-0.25, -0.2) is 4.98 Å². The van der Waals surface area contributed by atoms with Gasteiger partial charge in [0.25, 0.3) is 0 Å². The van der Waals surface area contributed by atoms with Gasteiger partial charge in [-0.15, -0.1) is 0 Å². The zero-order valence-corrected chi connectivity index (χ0v) is 11.7. The van der Waals surface area contributed by atoms with Gasteiger partial charge in [-0.2, -0.15) is 5.26 Å². The number of nitriles is 1. The second-order valence-corrected chi connectivity index (χ2v) is 5.53. The fourth-order valence-electron chi connectivity index (χ4n) is 2.45. The van der Waals surface area contributed by atoms with Gasteiger partial charge in [-0.05, 0) is 43.7 Å². The molecule has 0 aromatic carbocycles. The molecule has 0 radical (unpaired) electrons. The Hall–Kier alpha value is -1.56. The van der Waals surface area contributed by atoms with Crippen LogP contribution in [0.1, 0.15) is 44.0 Å². The molecule has 18 heavy (non-hydrogen) atoms. The summed E-state index contributed by atoms with van der Waals surface area (Å²) in [6.07, 6.45) is 3.29. The minimum atomic E-state index is 0.379. The number of nitrogens with zero attached hydrogens (tertiary/aromatic N) is 3. The average Bonchev–Trinajstić information content (AvgIpc) is 2.82. The van der Waals surface area contributed by atoms with E-state index >= 15 is 0 Å². The molecule has 0 saturated heterocycles. The van der Waals surface area contributed by atoms with Gasteiger partial charge in [0.05, 0.1) is 5.56 Å². The van der Waals surface area contributed by atoms with Crippen LogP contribution in [0.25, 0.3) is 0 Å². The Balaban J connectivity index is 2.41. The summed E-state index contributed by atoms with van der Waals surface area (Å²) in [7, 11) is 2.04. The monoisotopic (exact) mass is 243 g/mol. The fraction of sp³-hybridized carbons (Fsp3) is 0.600. The minimum Gasteiger partial charge on any atom is -0.356 e. The summed E-state index contributed by atoms with van der Waals surface area (Å²) in [5, 5.41) is 9.30. The molecule has 0 spiro atoms. The topological polar surface area (TPSA) is 39.9 Å². The van der Waals surface area contributed by atoms with Crippen molar-refractivity contribution in [3.8, 4) is 6.07 Å². The second-order valence-electron chi connectivity index (χ2n) is 5.53. The van der Waals surface area contributed by atoms with Crippen LogP contribution in [-0.4, -0.2) is 18.1 Å². The molecule has 1 unspecified atom stereocenters. The van der Waals surface area contributed by atoms with Crippen LogP contribution in [-0.2, 0) is 12.8 Å². The maximum atomic E-state index is 9.30. The number of rotatable bonds is 3. The Morgan fingerprint density at radius 2 is 2.06 bits per heavy atom. The maximum absolute atomic E-state index is 9.30. The van der Waals surface area contributed by atoms with Crippen molar-refractivity contribution >= 4 is 5.82 Å². The molecule has 1 atom stereocenters. The van der Waals surface area contributed by atoms with Crippen molar-refractivity contribution in [1.29, 1.82) is 5.26 Å². The lowest BCUT2D eigenvalue weighted by Crippen LogP contribution is -2.34. The summed E-state index contributed by atoms with van der Waals surface area (Å²) >= 11 is 0. The van der Waals surface area contributed by atoms with Crippen LogP contribution in [0, 0.1) is 17.2 Å². The van der Waals surface area contributed by atoms with Gasteiger partial charge in [0, 0.05) is 18.8 Å². The Morgan fingerprint density at radius 3 is 2.67 bits per heavy atom. The van der Waals surface area contributed by atoms with Crippen LogP contribution in [0.5, 0.6) is 0 Å². The first-order valence-corrected chi connectivity index (χ1v) is 6.70. The highest BCUT2D eigenvalue weighted by Crippen LogP contribution is 2.28. The van der Waals surface area contributed by atoms with E-state index in [2.05, 4.69) is 31.7 Å². The highest BCUT2D eigenvalue weighted by Gasteiger charge is 2.21. The molecule has 0 amide bonds. The number of hydrogen-bond acceptors (Lipinski definition) is 3. The number of aryl methyl sites for hydroxylation is 2. The van der Waals surface area contributed by atoms with Crippen LogP contribution < -0.4 is 4.90 Å². The van der Waals surface area contributed by atoms with Crippen molar-refractivity contribution in [2.24, 2.45) is 5.92 Å². The minimum absolute atomic E-state index is 0.379. The highest BCUT2D eigenvalue weighted by atomic mass is 15.2. The van der Waals surface area contributed by atoms with E-state index in [-0.39, 0.29) is 0 Å². The average molecular weight is 243 g/mol. The lowest BCUT2D eigenvalue weighted by atomic mass is 10.0. The fourth-order valence-corrected chi connectivity index (χ4v) is 2.45. The summed E-state index contributed by atoms with van der Waals surface area (Å²) < 4.78 is 0. The van der Waals surface area contributed by atoms with Gasteiger partial charge in [0.15, 0.2) is 0 Å². The van der Waals surface area contributed by atoms with E-state index in [4.69, 9.17) is 4.98 Å². The number of aromatic nitrogens is 1. The molecular formula is C15H21N3. The summed E-state index contributed by atoms with van der Waals surface area (Å²) in [6, 6.07) is 4.71. The smallest absolute Gasteiger partial charge is 0.146 e. The Morgan fingerprint density at radius 1 is 1.33 bits per heavy atom. The lowest BCUT2D eigenvalue weighted by molar-refractivity contribution is 0.502. The molecule has 0 fully saturated rings. The van der Waals surface area contributed by atoms with Crippen molar-refractivity contribution in [1.82, 2.24) is 4.98 Å². The van der Waals surface area contributed by atoms with E-state index in [9.17, 15) is 5.26 Å². The van der Waals surface area contributed by atoms with Crippen molar-refractivity contribution in [3.63, 3.8) is 0 Å². The van der Waals surface area contributed by atoms with Crippen LogP contribution in [0.4, 0.5) is 5.82 Å². The van der Waals surface area contributed by atoms with Crippen LogP contribution >= 0.6 is 0 Å². The highest BCUT2D eigenvalue weighted by molar-refractivity contribution is 5.57. The Kier molecular flexibility index (Phi) is 3.56. The first kappa shape index (κ1) is 12.9. The third kappa shape index (κ3) is 2.20. The largest absolute Gasteiger partial charge is 0.356 e. The summed E-state index contributed by atoms with van der Waals surface area (Å²) in [6.45, 7) is 6.57. The van der Waals surface area contributed by atoms with E-state index in [1.54, 1.807) is 0 Å². The van der Waals surface area contributed by atoms with Gasteiger partial charge >= 0.3 is 0 Å². The predicted octanol–water partition coefficient (Wildman–Crippen LogP) is 2.92. The first-order valence-electron chi connectivity index (χ1n) is 6.70. The standard InChI is InChI=1S/C15H21N3/c1-10(2)11(3)18(4)15-13(9-16)8-12-6-5-7-14(12)17-15/h8,10-11H,5-7H2,1-4H3. The molecule has 0 aliphatic heterocycles. The number of fused-ring (bicyclic) bond motifs is 1. The predicted molar refractivity (Wildman–Crippen MR) is 73.7 cm³/mol. The molecule has 0 bridgehead atoms. The SMILES string of the molecule is CC(C)C(C)N(C)c1nc2c(cc1C#N)CCC2. The van der Waals surface area contributed by atoms with E-state index in [1.165, 1.54) is 17.7 Å². The van der Waals surface area contributed by atoms with E-state index in [0.717, 1.165) is 18.7 Å². The van der Waals surface area contributed by atoms with E-state index < -0.39 is 0 Å². The molecule has 3 nitrogen and oxygen atoms in total. The molecule has 1 aliphatic rings.